The monoisotopic (exact) mass is 1710 g/mol. The van der Waals surface area contributed by atoms with Crippen molar-refractivity contribution in [3.63, 3.8) is 0 Å². The van der Waals surface area contributed by atoms with Crippen LogP contribution in [0.1, 0.15) is 131 Å². The number of aliphatic hydroxyl groups excluding tert-OH is 1. The summed E-state index contributed by atoms with van der Waals surface area (Å²) in [5.41, 5.74) is 7.11. The summed E-state index contributed by atoms with van der Waals surface area (Å²) in [5.74, 6) is 0.397. The molecule has 14 aliphatic heterocycles. The number of ether oxygens (including phenoxy) is 16. The van der Waals surface area contributed by atoms with Crippen molar-refractivity contribution >= 4 is 59.7 Å². The van der Waals surface area contributed by atoms with Gasteiger partial charge in [0.05, 0.1) is 82.5 Å². The topological polar surface area (TPSA) is 372 Å². The Morgan fingerprint density at radius 3 is 1.70 bits per heavy atom. The number of likely N-dealkylation sites (N-methyl/N-ethyl adjacent to an activating group) is 2. The second-order valence-corrected chi connectivity index (χ2v) is 34.3. The van der Waals surface area contributed by atoms with Gasteiger partial charge in [0.15, 0.2) is 75.4 Å². The molecule has 0 radical (unpaired) electrons. The number of carbonyl (C=O) groups is 6. The van der Waals surface area contributed by atoms with Crippen LogP contribution in [0, 0.1) is 43.9 Å². The van der Waals surface area contributed by atoms with Crippen LogP contribution in [0.4, 0.5) is 9.59 Å². The Morgan fingerprint density at radius 1 is 0.612 bits per heavy atom. The number of phenolic OH excluding ortho intramolecular Hbond substituents is 2. The SMILES string of the molecule is C.C.C=COC(=O)Oc1cc2c(cc1OC)[C@@]1(CS[C@@H]3C4C(OC(C)=O)C(C)=C5OCOC5C4[C@H](COC1=O)N1C3[C@H]3c4c(cc(C)c(OC)c4O)C[C@@H]([C@@H]1O)N3C)NCC2.C=COC(=O)Oc1cc2c(cc1OC)[C@@]1(CS[C@@H]3c4c(OC(C)=O)c(C)c5c(c4[C@H](COC1=O)N1C3[C@H]3c4c(cc(C)c(OC)c4O)C[C@@H]([C@@H]1C#N)N3C)OCO5)NCC2. The van der Waals surface area contributed by atoms with Crippen molar-refractivity contribution in [1.82, 2.24) is 30.2 Å². The minimum Gasteiger partial charge on any atom is -0.504 e. The molecule has 7 fully saturated rings. The Labute approximate surface area is 708 Å². The number of phenols is 2. The van der Waals surface area contributed by atoms with Gasteiger partial charge >= 0.3 is 36.2 Å². The number of aryl methyl sites for hydroxylation is 2. The van der Waals surface area contributed by atoms with Gasteiger partial charge in [-0.2, -0.15) is 17.0 Å². The Hall–Kier alpha value is -10.2. The summed E-state index contributed by atoms with van der Waals surface area (Å²) in [5, 5.41) is 54.0. The van der Waals surface area contributed by atoms with Crippen LogP contribution in [0.3, 0.4) is 0 Å². The summed E-state index contributed by atoms with van der Waals surface area (Å²) in [6.45, 7) is 17.4. The lowest BCUT2D eigenvalue weighted by Crippen LogP contribution is -2.78. The lowest BCUT2D eigenvalue weighted by Gasteiger charge is -2.66. The Kier molecular flexibility index (Phi) is 23.3. The highest BCUT2D eigenvalue weighted by molar-refractivity contribution is 8.00. The van der Waals surface area contributed by atoms with Crippen LogP contribution in [-0.4, -0.2) is 225 Å². The number of carbonyl (C=O) groups excluding carboxylic acids is 6. The Balaban J connectivity index is 0.000000185. The van der Waals surface area contributed by atoms with E-state index in [0.717, 1.165) is 51.5 Å². The van der Waals surface area contributed by atoms with Gasteiger partial charge in [0.1, 0.15) is 49.2 Å². The molecule has 7 saturated heterocycles. The molecule has 5 aromatic rings. The van der Waals surface area contributed by atoms with Gasteiger partial charge < -0.3 is 91.1 Å². The number of aromatic hydroxyl groups is 2. The summed E-state index contributed by atoms with van der Waals surface area (Å²) in [6, 6.07) is 8.43. The van der Waals surface area contributed by atoms with Gasteiger partial charge in [-0.25, -0.2) is 19.2 Å². The number of benzene rings is 5. The first-order chi connectivity index (χ1) is 57.2. The van der Waals surface area contributed by atoms with E-state index in [-0.39, 0.29) is 99.7 Å². The molecule has 34 heteroatoms. The zero-order valence-corrected chi connectivity index (χ0v) is 69.3. The maximum atomic E-state index is 15.0. The van der Waals surface area contributed by atoms with E-state index >= 15 is 0 Å². The van der Waals surface area contributed by atoms with E-state index in [2.05, 4.69) is 49.5 Å². The third-order valence-electron chi connectivity index (χ3n) is 26.3. The third kappa shape index (κ3) is 13.3. The Bertz CT molecular complexity index is 5190. The molecule has 0 aromatic heterocycles. The minimum atomic E-state index is -1.45. The fourth-order valence-electron chi connectivity index (χ4n) is 21.7. The number of hydrogen-bond donors (Lipinski definition) is 5. The molecule has 15 aliphatic rings. The molecular formula is C87H101N7O25S2. The molecule has 121 heavy (non-hydrogen) atoms. The molecule has 8 bridgehead atoms. The largest absolute Gasteiger partial charge is 0.518 e. The number of piperidine rings is 1. The number of methoxy groups -OCH3 is 4. The molecule has 20 rings (SSSR count). The molecule has 1 aliphatic carbocycles. The normalized spacial score (nSPS) is 30.3. The number of aliphatic hydroxyl groups is 1. The molecular weight excluding hydrogens is 1610 g/mol. The van der Waals surface area contributed by atoms with Crippen LogP contribution < -0.4 is 53.3 Å². The van der Waals surface area contributed by atoms with Gasteiger partial charge in [0.25, 0.3) is 0 Å². The van der Waals surface area contributed by atoms with Crippen molar-refractivity contribution in [2.75, 3.05) is 93.9 Å². The van der Waals surface area contributed by atoms with E-state index in [4.69, 9.17) is 75.8 Å². The van der Waals surface area contributed by atoms with Gasteiger partial charge in [0, 0.05) is 107 Å². The van der Waals surface area contributed by atoms with E-state index in [0.29, 0.717) is 112 Å². The van der Waals surface area contributed by atoms with Crippen molar-refractivity contribution in [2.45, 2.75) is 176 Å². The van der Waals surface area contributed by atoms with Gasteiger partial charge in [-0.05, 0) is 136 Å². The lowest BCUT2D eigenvalue weighted by atomic mass is 9.62. The number of hydrogen-bond acceptors (Lipinski definition) is 34. The molecule has 14 heterocycles. The molecule has 5 aromatic carbocycles. The van der Waals surface area contributed by atoms with E-state index in [1.54, 1.807) is 24.3 Å². The highest BCUT2D eigenvalue weighted by atomic mass is 32.2. The minimum absolute atomic E-state index is 0. The molecule has 2 spiro atoms. The molecule has 0 saturated carbocycles. The van der Waals surface area contributed by atoms with Crippen molar-refractivity contribution in [3.05, 3.63) is 146 Å². The number of nitrogens with zero attached hydrogens (tertiary/aromatic N) is 5. The number of piperazine rings is 2. The average Bonchev–Trinajstić information content (AvgIpc) is 1.47. The summed E-state index contributed by atoms with van der Waals surface area (Å²) < 4.78 is 93.6. The number of rotatable bonds is 10. The molecule has 646 valence electrons. The molecule has 0 amide bonds. The number of nitriles is 1. The summed E-state index contributed by atoms with van der Waals surface area (Å²) in [6.07, 6.45) is -0.499. The van der Waals surface area contributed by atoms with Crippen LogP contribution in [0.2, 0.25) is 0 Å². The highest BCUT2D eigenvalue weighted by Gasteiger charge is 2.69. The van der Waals surface area contributed by atoms with E-state index in [9.17, 15) is 49.3 Å². The molecule has 6 unspecified atom stereocenters. The summed E-state index contributed by atoms with van der Waals surface area (Å²) >= 11 is 2.97. The first-order valence-corrected chi connectivity index (χ1v) is 41.4. The van der Waals surface area contributed by atoms with Crippen molar-refractivity contribution in [2.24, 2.45) is 11.8 Å². The van der Waals surface area contributed by atoms with Crippen molar-refractivity contribution in [3.8, 4) is 69.3 Å². The molecule has 32 nitrogen and oxygen atoms in total. The first kappa shape index (κ1) is 85.8. The standard InChI is InChI=1S/C43H44N4O12S.C42H49N3O13S.2CH4/c1-8-54-42(51)59-29-13-22-9-10-45-43(24(22)14-28(29)52-6)17-60-40-32-31(39-38(56-18-57-39)20(3)37(32)58-21(4)48)27(16-55-41(43)50)47-26(15-44)25-12-23-11-19(2)36(53-7)35(49)30(23)33(34(40)47)46(25)5;1-8-53-41(50)58-27-13-21-9-10-43-42(23(21)14-26(27)51-6)16-59-38-30-29(37-36(55-17-56-37)19(3)35(30)57-20(4)46)25(15-54-40(42)49)45-32(38)31-28-22(12-24(39(45)48)44(31)5)11-18(2)34(52-7)33(28)47;;/h8,11,13-14,25-27,33-34,40,45,49H,1,9-10,12,16-18H2,2-7H3;8,11,13-14,24-25,29-32,35,37-39,43,47-48H,1,9-10,12,15-17H2,2-7H3;2*1H4/t25-,26-,27-,33+,34?,40+,43+;24-,25-,29?,30?,31+,32?,35?,37?,38+,39-,42+;;/m00../s1. The molecule has 5 N–H and O–H groups in total. The van der Waals surface area contributed by atoms with Gasteiger partial charge in [-0.1, -0.05) is 40.1 Å². The maximum absolute atomic E-state index is 15.0. The van der Waals surface area contributed by atoms with Crippen LogP contribution in [0.25, 0.3) is 0 Å². The van der Waals surface area contributed by atoms with E-state index in [1.807, 2.05) is 53.9 Å². The maximum Gasteiger partial charge on any atom is 0.518 e. The van der Waals surface area contributed by atoms with Crippen molar-refractivity contribution < 1.29 is 120 Å². The summed E-state index contributed by atoms with van der Waals surface area (Å²) in [4.78, 5) is 89.2. The van der Waals surface area contributed by atoms with Crippen LogP contribution in [-0.2, 0) is 89.1 Å². The van der Waals surface area contributed by atoms with Crippen LogP contribution >= 0.6 is 23.5 Å². The first-order valence-electron chi connectivity index (χ1n) is 39.3. The summed E-state index contributed by atoms with van der Waals surface area (Å²) in [7, 11) is 9.87. The fraction of sp³-hybridized carbons (Fsp3) is 0.506. The number of fused-ring (bicyclic) bond motifs is 18. The van der Waals surface area contributed by atoms with E-state index < -0.39 is 130 Å². The zero-order chi connectivity index (χ0) is 84.0. The van der Waals surface area contributed by atoms with Crippen molar-refractivity contribution in [1.29, 1.82) is 5.26 Å². The van der Waals surface area contributed by atoms with Gasteiger partial charge in [0.2, 0.25) is 6.79 Å². The average molecular weight is 1710 g/mol. The number of esters is 4. The second-order valence-electron chi connectivity index (χ2n) is 32.0. The smallest absolute Gasteiger partial charge is 0.504 e. The fourth-order valence-corrected chi connectivity index (χ4v) is 25.2. The van der Waals surface area contributed by atoms with Crippen LogP contribution in [0.15, 0.2) is 73.4 Å². The number of thioether (sulfide) groups is 2. The number of nitrogens with one attached hydrogen (secondary N) is 2. The Morgan fingerprint density at radius 2 is 1.16 bits per heavy atom. The second kappa shape index (κ2) is 32.9. The zero-order valence-electron chi connectivity index (χ0n) is 67.6. The predicted octanol–water partition coefficient (Wildman–Crippen LogP) is 9.40. The third-order valence-corrected chi connectivity index (χ3v) is 29.4. The van der Waals surface area contributed by atoms with Gasteiger partial charge in [-0.15, -0.1) is 11.8 Å². The highest BCUT2D eigenvalue weighted by Crippen LogP contribution is 2.67. The quantitative estimate of drug-likeness (QED) is 0.0285. The lowest BCUT2D eigenvalue weighted by molar-refractivity contribution is -0.224. The molecule has 18 atom stereocenters. The predicted molar refractivity (Wildman–Crippen MR) is 437 cm³/mol. The van der Waals surface area contributed by atoms with Gasteiger partial charge in [-0.3, -0.25) is 39.8 Å². The van der Waals surface area contributed by atoms with E-state index in [1.165, 1.54) is 65.8 Å². The van der Waals surface area contributed by atoms with Crippen LogP contribution in [0.5, 0.6) is 63.2 Å².